The first-order valence-electron chi connectivity index (χ1n) is 9.21. The minimum atomic E-state index is -0.156. The Labute approximate surface area is 156 Å². The number of unbranched alkanes of at least 4 members (excludes halogenated alkanes) is 2. The molecule has 2 aromatic rings. The maximum atomic E-state index is 12.5. The number of nitrogens with one attached hydrogen (secondary N) is 2. The van der Waals surface area contributed by atoms with Crippen LogP contribution in [0.4, 0.5) is 5.82 Å². The highest BCUT2D eigenvalue weighted by Crippen LogP contribution is 2.17. The van der Waals surface area contributed by atoms with E-state index >= 15 is 0 Å². The van der Waals surface area contributed by atoms with Gasteiger partial charge in [0.15, 0.2) is 5.82 Å². The van der Waals surface area contributed by atoms with Crippen LogP contribution in [0.3, 0.4) is 0 Å². The summed E-state index contributed by atoms with van der Waals surface area (Å²) in [5.41, 5.74) is 1.28. The van der Waals surface area contributed by atoms with Crippen molar-refractivity contribution in [3.63, 3.8) is 0 Å². The molecule has 6 nitrogen and oxygen atoms in total. The molecule has 1 aromatic carbocycles. The van der Waals surface area contributed by atoms with Gasteiger partial charge in [-0.2, -0.15) is 0 Å². The number of benzene rings is 1. The molecule has 0 bridgehead atoms. The number of hydrogen-bond donors (Lipinski definition) is 2. The van der Waals surface area contributed by atoms with Crippen LogP contribution in [0, 0.1) is 0 Å². The lowest BCUT2D eigenvalue weighted by molar-refractivity contribution is 0.0948. The summed E-state index contributed by atoms with van der Waals surface area (Å²) in [6, 6.07) is 11.4. The number of amides is 1. The van der Waals surface area contributed by atoms with Crippen molar-refractivity contribution in [3.05, 3.63) is 42.1 Å². The Kier molecular flexibility index (Phi) is 8.02. The van der Waals surface area contributed by atoms with Crippen molar-refractivity contribution in [2.75, 3.05) is 39.0 Å². The van der Waals surface area contributed by atoms with Crippen molar-refractivity contribution in [1.82, 2.24) is 20.2 Å². The van der Waals surface area contributed by atoms with Crippen molar-refractivity contribution in [3.8, 4) is 11.4 Å². The Hall–Kier alpha value is -2.47. The predicted octanol–water partition coefficient (Wildman–Crippen LogP) is 3.04. The third-order valence-corrected chi connectivity index (χ3v) is 3.92. The fraction of sp³-hybridized carbons (Fsp3) is 0.450. The van der Waals surface area contributed by atoms with Gasteiger partial charge in [-0.25, -0.2) is 9.97 Å². The molecule has 1 heterocycles. The predicted molar refractivity (Wildman–Crippen MR) is 106 cm³/mol. The van der Waals surface area contributed by atoms with Crippen molar-refractivity contribution >= 4 is 11.7 Å². The SMILES string of the molecule is CCCCCNC(=O)c1cc(NCCN(C)C)nc(-c2ccccc2)n1. The molecule has 26 heavy (non-hydrogen) atoms. The Morgan fingerprint density at radius 2 is 1.85 bits per heavy atom. The molecule has 0 aliphatic rings. The van der Waals surface area contributed by atoms with Gasteiger partial charge in [-0.15, -0.1) is 0 Å². The summed E-state index contributed by atoms with van der Waals surface area (Å²) in [5, 5.41) is 6.23. The molecule has 2 N–H and O–H groups in total. The van der Waals surface area contributed by atoms with Gasteiger partial charge in [0.2, 0.25) is 0 Å². The Morgan fingerprint density at radius 3 is 2.54 bits per heavy atom. The van der Waals surface area contributed by atoms with Crippen LogP contribution < -0.4 is 10.6 Å². The number of hydrogen-bond acceptors (Lipinski definition) is 5. The minimum Gasteiger partial charge on any atom is -0.369 e. The first kappa shape index (κ1) is 19.8. The molecule has 0 spiro atoms. The highest BCUT2D eigenvalue weighted by molar-refractivity contribution is 5.93. The van der Waals surface area contributed by atoms with Crippen molar-refractivity contribution in [2.45, 2.75) is 26.2 Å². The Morgan fingerprint density at radius 1 is 1.08 bits per heavy atom. The zero-order valence-electron chi connectivity index (χ0n) is 16.0. The molecule has 0 saturated heterocycles. The summed E-state index contributed by atoms with van der Waals surface area (Å²) in [6.45, 7) is 4.43. The highest BCUT2D eigenvalue weighted by atomic mass is 16.1. The van der Waals surface area contributed by atoms with Gasteiger partial charge >= 0.3 is 0 Å². The quantitative estimate of drug-likeness (QED) is 0.641. The first-order chi connectivity index (χ1) is 12.6. The summed E-state index contributed by atoms with van der Waals surface area (Å²) in [4.78, 5) is 23.6. The summed E-state index contributed by atoms with van der Waals surface area (Å²) in [6.07, 6.45) is 3.21. The smallest absolute Gasteiger partial charge is 0.270 e. The van der Waals surface area contributed by atoms with Gasteiger partial charge in [0.1, 0.15) is 11.5 Å². The van der Waals surface area contributed by atoms with Crippen LogP contribution in [-0.4, -0.2) is 54.5 Å². The van der Waals surface area contributed by atoms with Gasteiger partial charge in [-0.3, -0.25) is 4.79 Å². The maximum absolute atomic E-state index is 12.5. The van der Waals surface area contributed by atoms with Gasteiger partial charge in [0.05, 0.1) is 0 Å². The van der Waals surface area contributed by atoms with E-state index in [2.05, 4.69) is 32.4 Å². The summed E-state index contributed by atoms with van der Waals surface area (Å²) >= 11 is 0. The van der Waals surface area contributed by atoms with Crippen LogP contribution in [-0.2, 0) is 0 Å². The average Bonchev–Trinajstić information content (AvgIpc) is 2.65. The van der Waals surface area contributed by atoms with E-state index in [1.807, 2.05) is 44.4 Å². The molecule has 1 aromatic heterocycles. The fourth-order valence-electron chi connectivity index (χ4n) is 2.45. The van der Waals surface area contributed by atoms with E-state index in [-0.39, 0.29) is 5.91 Å². The molecule has 2 rings (SSSR count). The molecule has 0 saturated carbocycles. The molecule has 0 aliphatic carbocycles. The number of carbonyl (C=O) groups excluding carboxylic acids is 1. The Bertz CT molecular complexity index is 688. The number of carbonyl (C=O) groups is 1. The average molecular weight is 355 g/mol. The topological polar surface area (TPSA) is 70.2 Å². The van der Waals surface area contributed by atoms with Crippen molar-refractivity contribution in [2.24, 2.45) is 0 Å². The number of aromatic nitrogens is 2. The van der Waals surface area contributed by atoms with Gasteiger partial charge in [0, 0.05) is 31.3 Å². The van der Waals surface area contributed by atoms with Gasteiger partial charge in [0.25, 0.3) is 5.91 Å². The minimum absolute atomic E-state index is 0.156. The van der Waals surface area contributed by atoms with Gasteiger partial charge in [-0.05, 0) is 20.5 Å². The van der Waals surface area contributed by atoms with Crippen LogP contribution in [0.2, 0.25) is 0 Å². The van der Waals surface area contributed by atoms with E-state index in [9.17, 15) is 4.79 Å². The zero-order chi connectivity index (χ0) is 18.8. The highest BCUT2D eigenvalue weighted by Gasteiger charge is 2.12. The van der Waals surface area contributed by atoms with E-state index in [4.69, 9.17) is 0 Å². The first-order valence-corrected chi connectivity index (χ1v) is 9.21. The monoisotopic (exact) mass is 355 g/mol. The Balaban J connectivity index is 2.18. The lowest BCUT2D eigenvalue weighted by atomic mass is 10.2. The molecule has 1 amide bonds. The zero-order valence-corrected chi connectivity index (χ0v) is 16.0. The number of likely N-dealkylation sites (N-methyl/N-ethyl adjacent to an activating group) is 1. The largest absolute Gasteiger partial charge is 0.369 e. The van der Waals surface area contributed by atoms with E-state index in [0.29, 0.717) is 23.9 Å². The maximum Gasteiger partial charge on any atom is 0.270 e. The van der Waals surface area contributed by atoms with Crippen LogP contribution in [0.25, 0.3) is 11.4 Å². The van der Waals surface area contributed by atoms with Crippen LogP contribution in [0.15, 0.2) is 36.4 Å². The molecule has 6 heteroatoms. The third kappa shape index (κ3) is 6.44. The van der Waals surface area contributed by atoms with Crippen LogP contribution in [0.5, 0.6) is 0 Å². The van der Waals surface area contributed by atoms with Gasteiger partial charge < -0.3 is 15.5 Å². The molecule has 0 aliphatic heterocycles. The van der Waals surface area contributed by atoms with Crippen LogP contribution in [0.1, 0.15) is 36.7 Å². The molecular formula is C20H29N5O. The molecule has 0 unspecified atom stereocenters. The summed E-state index contributed by atoms with van der Waals surface area (Å²) in [7, 11) is 4.04. The molecule has 0 atom stereocenters. The number of nitrogens with zero attached hydrogens (tertiary/aromatic N) is 3. The summed E-state index contributed by atoms with van der Waals surface area (Å²) in [5.74, 6) is 1.06. The standard InChI is InChI=1S/C20H29N5O/c1-4-5-9-12-22-20(26)17-15-18(21-13-14-25(2)3)24-19(23-17)16-10-7-6-8-11-16/h6-8,10-11,15H,4-5,9,12-14H2,1-3H3,(H,22,26)(H,21,23,24). The molecule has 140 valence electrons. The van der Waals surface area contributed by atoms with E-state index < -0.39 is 0 Å². The molecule has 0 fully saturated rings. The van der Waals surface area contributed by atoms with E-state index in [1.165, 1.54) is 0 Å². The molecule has 0 radical (unpaired) electrons. The third-order valence-electron chi connectivity index (χ3n) is 3.92. The fourth-order valence-corrected chi connectivity index (χ4v) is 2.45. The lowest BCUT2D eigenvalue weighted by Crippen LogP contribution is -2.26. The van der Waals surface area contributed by atoms with Crippen molar-refractivity contribution in [1.29, 1.82) is 0 Å². The van der Waals surface area contributed by atoms with E-state index in [0.717, 1.165) is 37.9 Å². The molecular weight excluding hydrogens is 326 g/mol. The lowest BCUT2D eigenvalue weighted by Gasteiger charge is -2.13. The second-order valence-electron chi connectivity index (χ2n) is 6.52. The number of anilines is 1. The second-order valence-corrected chi connectivity index (χ2v) is 6.52. The second kappa shape index (κ2) is 10.5. The number of rotatable bonds is 10. The van der Waals surface area contributed by atoms with Crippen molar-refractivity contribution < 1.29 is 4.79 Å². The summed E-state index contributed by atoms with van der Waals surface area (Å²) < 4.78 is 0. The normalized spacial score (nSPS) is 10.8. The van der Waals surface area contributed by atoms with Gasteiger partial charge in [-0.1, -0.05) is 50.1 Å². The van der Waals surface area contributed by atoms with Crippen LogP contribution >= 0.6 is 0 Å². The van der Waals surface area contributed by atoms with E-state index in [1.54, 1.807) is 6.07 Å².